The van der Waals surface area contributed by atoms with Crippen LogP contribution in [0.5, 0.6) is 0 Å². The lowest BCUT2D eigenvalue weighted by Crippen LogP contribution is -2.19. The van der Waals surface area contributed by atoms with E-state index in [4.69, 9.17) is 11.6 Å². The quantitative estimate of drug-likeness (QED) is 0.786. The van der Waals surface area contributed by atoms with E-state index < -0.39 is 0 Å². The Hall–Kier alpha value is -1.61. The molecule has 0 saturated heterocycles. The van der Waals surface area contributed by atoms with Crippen molar-refractivity contribution in [1.29, 1.82) is 0 Å². The number of pyridine rings is 2. The summed E-state index contributed by atoms with van der Waals surface area (Å²) in [5, 5.41) is 0. The summed E-state index contributed by atoms with van der Waals surface area (Å²) in [7, 11) is 2.03. The van der Waals surface area contributed by atoms with Gasteiger partial charge in [0, 0.05) is 24.3 Å². The molecule has 0 saturated carbocycles. The maximum absolute atomic E-state index is 5.95. The molecule has 3 nitrogen and oxygen atoms in total. The largest absolute Gasteiger partial charge is 0.354 e. The second-order valence-electron chi connectivity index (χ2n) is 4.94. The maximum Gasteiger partial charge on any atom is 0.129 e. The predicted molar refractivity (Wildman–Crippen MR) is 84.3 cm³/mol. The van der Waals surface area contributed by atoms with Gasteiger partial charge in [0.2, 0.25) is 0 Å². The van der Waals surface area contributed by atoms with Crippen molar-refractivity contribution >= 4 is 17.4 Å². The molecule has 0 spiro atoms. The van der Waals surface area contributed by atoms with Crippen molar-refractivity contribution in [1.82, 2.24) is 9.97 Å². The molecule has 0 aromatic carbocycles. The van der Waals surface area contributed by atoms with Gasteiger partial charge in [-0.2, -0.15) is 0 Å². The fourth-order valence-electron chi connectivity index (χ4n) is 2.10. The maximum atomic E-state index is 5.95. The summed E-state index contributed by atoms with van der Waals surface area (Å²) < 4.78 is 0. The van der Waals surface area contributed by atoms with Crippen molar-refractivity contribution in [3.8, 4) is 0 Å². The van der Waals surface area contributed by atoms with Crippen molar-refractivity contribution in [3.63, 3.8) is 0 Å². The number of aryl methyl sites for hydroxylation is 2. The third-order valence-corrected chi connectivity index (χ3v) is 3.49. The van der Waals surface area contributed by atoms with Gasteiger partial charge in [-0.05, 0) is 43.2 Å². The third kappa shape index (κ3) is 3.70. The standard InChI is InChI=1S/C16H20ClN3/c1-4-14-8-13(10-17)9-16(19-14)20(3)11-15-7-5-6-12(2)18-15/h5-9H,4,10-11H2,1-3H3. The topological polar surface area (TPSA) is 29.0 Å². The SMILES string of the molecule is CCc1cc(CCl)cc(N(C)Cc2cccc(C)n2)n1. The van der Waals surface area contributed by atoms with Gasteiger partial charge in [0.15, 0.2) is 0 Å². The predicted octanol–water partition coefficient (Wildman–Crippen LogP) is 3.72. The number of halogens is 1. The number of nitrogens with zero attached hydrogens (tertiary/aromatic N) is 3. The zero-order valence-corrected chi connectivity index (χ0v) is 13.0. The van der Waals surface area contributed by atoms with Crippen LogP contribution in [0.25, 0.3) is 0 Å². The molecule has 0 aliphatic rings. The van der Waals surface area contributed by atoms with E-state index in [1.165, 1.54) is 0 Å². The first-order chi connectivity index (χ1) is 9.62. The third-order valence-electron chi connectivity index (χ3n) is 3.18. The van der Waals surface area contributed by atoms with Crippen LogP contribution >= 0.6 is 11.6 Å². The number of hydrogen-bond acceptors (Lipinski definition) is 3. The molecule has 2 aromatic rings. The molecule has 0 aliphatic carbocycles. The molecule has 4 heteroatoms. The van der Waals surface area contributed by atoms with Gasteiger partial charge in [-0.15, -0.1) is 11.6 Å². The first kappa shape index (κ1) is 14.8. The van der Waals surface area contributed by atoms with E-state index in [-0.39, 0.29) is 0 Å². The van der Waals surface area contributed by atoms with E-state index in [1.807, 2.05) is 38.2 Å². The van der Waals surface area contributed by atoms with Gasteiger partial charge in [0.25, 0.3) is 0 Å². The highest BCUT2D eigenvalue weighted by molar-refractivity contribution is 6.17. The van der Waals surface area contributed by atoms with Crippen LogP contribution in [-0.4, -0.2) is 17.0 Å². The average Bonchev–Trinajstić information content (AvgIpc) is 2.46. The summed E-state index contributed by atoms with van der Waals surface area (Å²) in [6.45, 7) is 4.85. The Morgan fingerprint density at radius 2 is 1.95 bits per heavy atom. The van der Waals surface area contributed by atoms with Gasteiger partial charge in [0.1, 0.15) is 5.82 Å². The van der Waals surface area contributed by atoms with E-state index in [9.17, 15) is 0 Å². The number of hydrogen-bond donors (Lipinski definition) is 0. The zero-order valence-electron chi connectivity index (χ0n) is 12.2. The monoisotopic (exact) mass is 289 g/mol. The molecule has 0 unspecified atom stereocenters. The number of anilines is 1. The van der Waals surface area contributed by atoms with E-state index in [1.54, 1.807) is 0 Å². The summed E-state index contributed by atoms with van der Waals surface area (Å²) in [4.78, 5) is 11.3. The Morgan fingerprint density at radius 3 is 2.60 bits per heavy atom. The molecular weight excluding hydrogens is 270 g/mol. The van der Waals surface area contributed by atoms with E-state index in [2.05, 4.69) is 27.9 Å². The van der Waals surface area contributed by atoms with Crippen LogP contribution in [0.2, 0.25) is 0 Å². The molecule has 20 heavy (non-hydrogen) atoms. The van der Waals surface area contributed by atoms with Gasteiger partial charge in [-0.25, -0.2) is 4.98 Å². The number of alkyl halides is 1. The highest BCUT2D eigenvalue weighted by Gasteiger charge is 2.08. The van der Waals surface area contributed by atoms with Gasteiger partial charge < -0.3 is 4.90 Å². The molecule has 0 fully saturated rings. The molecule has 2 aromatic heterocycles. The Kier molecular flexibility index (Phi) is 4.96. The van der Waals surface area contributed by atoms with Crippen molar-refractivity contribution in [2.75, 3.05) is 11.9 Å². The van der Waals surface area contributed by atoms with Crippen molar-refractivity contribution < 1.29 is 0 Å². The highest BCUT2D eigenvalue weighted by Crippen LogP contribution is 2.17. The summed E-state index contributed by atoms with van der Waals surface area (Å²) in [6, 6.07) is 10.2. The molecule has 0 bridgehead atoms. The molecule has 2 rings (SSSR count). The lowest BCUT2D eigenvalue weighted by molar-refractivity contribution is 0.848. The number of aromatic nitrogens is 2. The van der Waals surface area contributed by atoms with Crippen molar-refractivity contribution in [2.45, 2.75) is 32.7 Å². The van der Waals surface area contributed by atoms with E-state index >= 15 is 0 Å². The van der Waals surface area contributed by atoms with Gasteiger partial charge in [0.05, 0.1) is 12.2 Å². The van der Waals surface area contributed by atoms with Crippen molar-refractivity contribution in [3.05, 3.63) is 53.0 Å². The smallest absolute Gasteiger partial charge is 0.129 e. The normalized spacial score (nSPS) is 10.6. The highest BCUT2D eigenvalue weighted by atomic mass is 35.5. The average molecular weight is 290 g/mol. The lowest BCUT2D eigenvalue weighted by atomic mass is 10.2. The van der Waals surface area contributed by atoms with Crippen LogP contribution in [0, 0.1) is 6.92 Å². The Morgan fingerprint density at radius 1 is 1.15 bits per heavy atom. The molecule has 2 heterocycles. The second-order valence-corrected chi connectivity index (χ2v) is 5.21. The van der Waals surface area contributed by atoms with Crippen molar-refractivity contribution in [2.24, 2.45) is 0 Å². The molecule has 106 valence electrons. The second kappa shape index (κ2) is 6.71. The first-order valence-electron chi connectivity index (χ1n) is 6.82. The minimum absolute atomic E-state index is 0.513. The van der Waals surface area contributed by atoms with Gasteiger partial charge in [-0.1, -0.05) is 13.0 Å². The van der Waals surface area contributed by atoms with Gasteiger partial charge in [-0.3, -0.25) is 4.98 Å². The summed E-state index contributed by atoms with van der Waals surface area (Å²) in [6.07, 6.45) is 0.911. The fourth-order valence-corrected chi connectivity index (χ4v) is 2.25. The number of rotatable bonds is 5. The van der Waals surface area contributed by atoms with Crippen LogP contribution in [-0.2, 0) is 18.8 Å². The summed E-state index contributed by atoms with van der Waals surface area (Å²) >= 11 is 5.95. The van der Waals surface area contributed by atoms with Crippen LogP contribution in [0.1, 0.15) is 29.6 Å². The summed E-state index contributed by atoms with van der Waals surface area (Å²) in [5.74, 6) is 1.46. The van der Waals surface area contributed by atoms with E-state index in [0.717, 1.165) is 41.4 Å². The van der Waals surface area contributed by atoms with E-state index in [0.29, 0.717) is 5.88 Å². The Balaban J connectivity index is 2.22. The fraction of sp³-hybridized carbons (Fsp3) is 0.375. The summed E-state index contributed by atoms with van der Waals surface area (Å²) in [5.41, 5.74) is 4.26. The molecule has 0 aliphatic heterocycles. The molecular formula is C16H20ClN3. The molecule has 0 radical (unpaired) electrons. The van der Waals surface area contributed by atoms with Gasteiger partial charge >= 0.3 is 0 Å². The van der Waals surface area contributed by atoms with Crippen LogP contribution in [0.15, 0.2) is 30.3 Å². The zero-order chi connectivity index (χ0) is 14.5. The van der Waals surface area contributed by atoms with Crippen LogP contribution in [0.4, 0.5) is 5.82 Å². The minimum Gasteiger partial charge on any atom is -0.354 e. The van der Waals surface area contributed by atoms with Crippen LogP contribution in [0.3, 0.4) is 0 Å². The first-order valence-corrected chi connectivity index (χ1v) is 7.35. The molecule has 0 N–H and O–H groups in total. The molecule has 0 atom stereocenters. The molecule has 0 amide bonds. The van der Waals surface area contributed by atoms with Crippen LogP contribution < -0.4 is 4.90 Å². The minimum atomic E-state index is 0.513. The lowest BCUT2D eigenvalue weighted by Gasteiger charge is -2.19. The Bertz CT molecular complexity index is 561. The Labute approximate surface area is 125 Å².